The Morgan fingerprint density at radius 2 is 1.67 bits per heavy atom. The second-order valence-electron chi connectivity index (χ2n) is 4.48. The Labute approximate surface area is 117 Å². The third-order valence-electron chi connectivity index (χ3n) is 2.62. The van der Waals surface area contributed by atoms with Crippen molar-refractivity contribution in [3.63, 3.8) is 0 Å². The fourth-order valence-corrected chi connectivity index (χ4v) is 1.75. The molecule has 0 atom stereocenters. The summed E-state index contributed by atoms with van der Waals surface area (Å²) in [6.07, 6.45) is -15.1. The highest BCUT2D eigenvalue weighted by Gasteiger charge is 2.59. The number of alkyl halides is 6. The molecule has 0 unspecified atom stereocenters. The lowest BCUT2D eigenvalue weighted by Crippen LogP contribution is -2.47. The maximum absolute atomic E-state index is 12.5. The highest BCUT2D eigenvalue weighted by Crippen LogP contribution is 2.37. The first-order valence-corrected chi connectivity index (χ1v) is 5.88. The van der Waals surface area contributed by atoms with Crippen LogP contribution in [0.25, 0.3) is 0 Å². The first kappa shape index (κ1) is 17.5. The third-order valence-corrected chi connectivity index (χ3v) is 2.62. The van der Waals surface area contributed by atoms with E-state index < -0.39 is 24.3 Å². The highest BCUT2D eigenvalue weighted by atomic mass is 19.4. The molecule has 3 nitrogen and oxygen atoms in total. The van der Waals surface area contributed by atoms with Gasteiger partial charge in [-0.05, 0) is 32.5 Å². The van der Waals surface area contributed by atoms with Crippen LogP contribution in [-0.4, -0.2) is 30.5 Å². The van der Waals surface area contributed by atoms with Gasteiger partial charge in [-0.3, -0.25) is 0 Å². The Bertz CT molecular complexity index is 484. The van der Waals surface area contributed by atoms with Crippen molar-refractivity contribution in [2.24, 2.45) is 0 Å². The van der Waals surface area contributed by atoms with Crippen LogP contribution < -0.4 is 10.1 Å². The number of hydrogen-bond acceptors (Lipinski definition) is 3. The smallest absolute Gasteiger partial charge is 0.434 e. The third kappa shape index (κ3) is 4.48. The summed E-state index contributed by atoms with van der Waals surface area (Å²) in [5, 5.41) is 2.65. The molecule has 120 valence electrons. The molecule has 0 aliphatic heterocycles. The Morgan fingerprint density at radius 3 is 2.10 bits per heavy atom. The lowest BCUT2D eigenvalue weighted by atomic mass is 10.1. The lowest BCUT2D eigenvalue weighted by molar-refractivity contribution is -0.300. The van der Waals surface area contributed by atoms with E-state index in [0.29, 0.717) is 5.56 Å². The molecule has 0 aliphatic rings. The first-order valence-electron chi connectivity index (χ1n) is 5.88. The highest BCUT2D eigenvalue weighted by molar-refractivity contribution is 5.36. The van der Waals surface area contributed by atoms with Gasteiger partial charge in [-0.1, -0.05) is 0 Å². The quantitative estimate of drug-likeness (QED) is 0.866. The van der Waals surface area contributed by atoms with Crippen molar-refractivity contribution in [1.82, 2.24) is 10.3 Å². The molecule has 0 saturated carbocycles. The van der Waals surface area contributed by atoms with E-state index in [1.165, 1.54) is 14.0 Å². The number of halogens is 6. The first-order chi connectivity index (χ1) is 9.46. The minimum atomic E-state index is -5.57. The Balaban J connectivity index is 3.26. The van der Waals surface area contributed by atoms with E-state index in [0.717, 1.165) is 0 Å². The van der Waals surface area contributed by atoms with Crippen LogP contribution >= 0.6 is 0 Å². The second-order valence-corrected chi connectivity index (χ2v) is 4.48. The summed E-state index contributed by atoms with van der Waals surface area (Å²) in [6, 6.07) is 1.55. The van der Waals surface area contributed by atoms with Crippen molar-refractivity contribution in [2.45, 2.75) is 38.8 Å². The zero-order valence-corrected chi connectivity index (χ0v) is 11.5. The molecule has 21 heavy (non-hydrogen) atoms. The minimum absolute atomic E-state index is 0.0386. The standard InChI is InChI=1S/C12H14F6N2O/c1-6-4-7(2)20-9(8(6)5-19-3)21-10(11(13,14)15)12(16,17)18/h4,10,19H,5H2,1-3H3. The van der Waals surface area contributed by atoms with Gasteiger partial charge in [0.15, 0.2) is 0 Å². The van der Waals surface area contributed by atoms with Gasteiger partial charge in [0.05, 0.1) is 0 Å². The molecule has 0 spiro atoms. The zero-order valence-electron chi connectivity index (χ0n) is 11.5. The van der Waals surface area contributed by atoms with Crippen molar-refractivity contribution >= 4 is 0 Å². The Morgan fingerprint density at radius 1 is 1.14 bits per heavy atom. The van der Waals surface area contributed by atoms with Crippen LogP contribution in [0.15, 0.2) is 6.07 Å². The van der Waals surface area contributed by atoms with E-state index in [2.05, 4.69) is 15.0 Å². The molecule has 1 rings (SSSR count). The average Bonchev–Trinajstić information content (AvgIpc) is 2.27. The van der Waals surface area contributed by atoms with E-state index in [-0.39, 0.29) is 17.8 Å². The van der Waals surface area contributed by atoms with Gasteiger partial charge in [-0.25, -0.2) is 4.98 Å². The molecule has 1 aromatic heterocycles. The molecule has 1 aromatic rings. The number of nitrogens with zero attached hydrogens (tertiary/aromatic N) is 1. The van der Waals surface area contributed by atoms with Crippen LogP contribution in [0.3, 0.4) is 0 Å². The SMILES string of the molecule is CNCc1c(C)cc(C)nc1OC(C(F)(F)F)C(F)(F)F. The second kappa shape index (κ2) is 6.08. The summed E-state index contributed by atoms with van der Waals surface area (Å²) < 4.78 is 79.4. The van der Waals surface area contributed by atoms with Crippen LogP contribution in [0.5, 0.6) is 5.88 Å². The van der Waals surface area contributed by atoms with Crippen molar-refractivity contribution in [1.29, 1.82) is 0 Å². The molecule has 9 heteroatoms. The normalized spacial score (nSPS) is 12.9. The van der Waals surface area contributed by atoms with Crippen LogP contribution in [0.1, 0.15) is 16.8 Å². The summed E-state index contributed by atoms with van der Waals surface area (Å²) in [6.45, 7) is 3.06. The predicted molar refractivity (Wildman–Crippen MR) is 63.0 cm³/mol. The molecular weight excluding hydrogens is 302 g/mol. The van der Waals surface area contributed by atoms with Gasteiger partial charge in [0.25, 0.3) is 6.10 Å². The number of nitrogens with one attached hydrogen (secondary N) is 1. The number of aromatic nitrogens is 1. The number of ether oxygens (including phenoxy) is 1. The predicted octanol–water partition coefficient (Wildman–Crippen LogP) is 3.29. The molecule has 0 radical (unpaired) electrons. The van der Waals surface area contributed by atoms with Crippen molar-refractivity contribution < 1.29 is 31.1 Å². The number of rotatable bonds is 4. The van der Waals surface area contributed by atoms with Gasteiger partial charge in [-0.2, -0.15) is 26.3 Å². The van der Waals surface area contributed by atoms with Crippen molar-refractivity contribution in [3.05, 3.63) is 22.9 Å². The Kier molecular flexibility index (Phi) is 5.08. The summed E-state index contributed by atoms with van der Waals surface area (Å²) in [5.41, 5.74) is 0.919. The van der Waals surface area contributed by atoms with Crippen molar-refractivity contribution in [3.8, 4) is 5.88 Å². The fraction of sp³-hybridized carbons (Fsp3) is 0.583. The molecule has 0 saturated heterocycles. The van der Waals surface area contributed by atoms with Gasteiger partial charge in [-0.15, -0.1) is 0 Å². The molecule has 0 fully saturated rings. The fourth-order valence-electron chi connectivity index (χ4n) is 1.75. The maximum atomic E-state index is 12.5. The van der Waals surface area contributed by atoms with E-state index in [1.807, 2.05) is 0 Å². The maximum Gasteiger partial charge on any atom is 0.434 e. The lowest BCUT2D eigenvalue weighted by Gasteiger charge is -2.25. The summed E-state index contributed by atoms with van der Waals surface area (Å²) in [7, 11) is 1.51. The van der Waals surface area contributed by atoms with Crippen LogP contribution in [0, 0.1) is 13.8 Å². The topological polar surface area (TPSA) is 34.2 Å². The summed E-state index contributed by atoms with van der Waals surface area (Å²) >= 11 is 0. The molecular formula is C12H14F6N2O. The molecule has 0 aromatic carbocycles. The largest absolute Gasteiger partial charge is 0.454 e. The summed E-state index contributed by atoms with van der Waals surface area (Å²) in [5.74, 6) is -0.665. The molecule has 1 N–H and O–H groups in total. The van der Waals surface area contributed by atoms with E-state index >= 15 is 0 Å². The van der Waals surface area contributed by atoms with Gasteiger partial charge in [0.1, 0.15) is 0 Å². The summed E-state index contributed by atoms with van der Waals surface area (Å²) in [4.78, 5) is 3.66. The molecule has 0 aliphatic carbocycles. The number of aryl methyl sites for hydroxylation is 2. The van der Waals surface area contributed by atoms with Crippen LogP contribution in [-0.2, 0) is 6.54 Å². The van der Waals surface area contributed by atoms with E-state index in [1.54, 1.807) is 13.0 Å². The molecule has 1 heterocycles. The van der Waals surface area contributed by atoms with Gasteiger partial charge in [0, 0.05) is 17.8 Å². The minimum Gasteiger partial charge on any atom is -0.454 e. The van der Waals surface area contributed by atoms with Gasteiger partial charge < -0.3 is 10.1 Å². The van der Waals surface area contributed by atoms with Gasteiger partial charge in [0.2, 0.25) is 5.88 Å². The van der Waals surface area contributed by atoms with Crippen molar-refractivity contribution in [2.75, 3.05) is 7.05 Å². The van der Waals surface area contributed by atoms with Gasteiger partial charge >= 0.3 is 12.4 Å². The Hall–Kier alpha value is -1.51. The van der Waals surface area contributed by atoms with E-state index in [9.17, 15) is 26.3 Å². The molecule has 0 amide bonds. The average molecular weight is 316 g/mol. The number of pyridine rings is 1. The monoisotopic (exact) mass is 316 g/mol. The van der Waals surface area contributed by atoms with Crippen LogP contribution in [0.2, 0.25) is 0 Å². The van der Waals surface area contributed by atoms with Crippen LogP contribution in [0.4, 0.5) is 26.3 Å². The van der Waals surface area contributed by atoms with E-state index in [4.69, 9.17) is 0 Å². The number of hydrogen-bond donors (Lipinski definition) is 1. The molecule has 0 bridgehead atoms. The zero-order chi connectivity index (χ0) is 16.4.